The topological polar surface area (TPSA) is 46.5 Å². The molecule has 0 fully saturated rings. The van der Waals surface area contributed by atoms with Gasteiger partial charge in [-0.1, -0.05) is 30.3 Å². The lowest BCUT2D eigenvalue weighted by Gasteiger charge is -2.09. The molecule has 3 heteroatoms. The molecule has 3 nitrogen and oxygen atoms in total. The molecule has 0 bridgehead atoms. The van der Waals surface area contributed by atoms with Gasteiger partial charge in [-0.25, -0.2) is 4.79 Å². The van der Waals surface area contributed by atoms with Crippen molar-refractivity contribution in [3.05, 3.63) is 53.6 Å². The van der Waals surface area contributed by atoms with E-state index in [-0.39, 0.29) is 17.9 Å². The smallest absolute Gasteiger partial charge is 0.341 e. The van der Waals surface area contributed by atoms with Gasteiger partial charge in [0, 0.05) is 0 Å². The third-order valence-electron chi connectivity index (χ3n) is 2.95. The van der Waals surface area contributed by atoms with Gasteiger partial charge in [0.1, 0.15) is 11.3 Å². The predicted molar refractivity (Wildman–Crippen MR) is 74.2 cm³/mol. The average Bonchev–Trinajstić information content (AvgIpc) is 2.40. The summed E-state index contributed by atoms with van der Waals surface area (Å²) in [4.78, 5) is 11.8. The molecule has 0 aliphatic rings. The Morgan fingerprint density at radius 2 is 1.95 bits per heavy atom. The third kappa shape index (κ3) is 2.76. The summed E-state index contributed by atoms with van der Waals surface area (Å²) in [5, 5.41) is 9.75. The van der Waals surface area contributed by atoms with Crippen molar-refractivity contribution in [2.24, 2.45) is 0 Å². The number of hydrogen-bond acceptors (Lipinski definition) is 3. The minimum absolute atomic E-state index is 0.0595. The number of benzene rings is 2. The van der Waals surface area contributed by atoms with Crippen LogP contribution in [0.15, 0.2) is 42.5 Å². The van der Waals surface area contributed by atoms with Gasteiger partial charge in [-0.05, 0) is 42.7 Å². The Kier molecular flexibility index (Phi) is 3.85. The first-order valence-electron chi connectivity index (χ1n) is 6.19. The number of hydrogen-bond donors (Lipinski definition) is 1. The molecule has 2 rings (SSSR count). The van der Waals surface area contributed by atoms with Gasteiger partial charge in [-0.2, -0.15) is 0 Å². The normalized spacial score (nSPS) is 10.2. The van der Waals surface area contributed by atoms with Crippen LogP contribution in [0.3, 0.4) is 0 Å². The molecule has 0 saturated heterocycles. The number of ether oxygens (including phenoxy) is 1. The zero-order valence-corrected chi connectivity index (χ0v) is 11.0. The second-order valence-corrected chi connectivity index (χ2v) is 4.27. The molecule has 0 heterocycles. The van der Waals surface area contributed by atoms with Crippen molar-refractivity contribution in [3.8, 4) is 16.9 Å². The van der Waals surface area contributed by atoms with Crippen LogP contribution in [0.4, 0.5) is 0 Å². The van der Waals surface area contributed by atoms with E-state index in [9.17, 15) is 9.90 Å². The number of rotatable bonds is 3. The quantitative estimate of drug-likeness (QED) is 0.854. The minimum atomic E-state index is -0.504. The molecule has 98 valence electrons. The van der Waals surface area contributed by atoms with Crippen LogP contribution in [0.5, 0.6) is 5.75 Å². The van der Waals surface area contributed by atoms with Crippen LogP contribution in [0.1, 0.15) is 22.8 Å². The second-order valence-electron chi connectivity index (χ2n) is 4.27. The minimum Gasteiger partial charge on any atom is -0.507 e. The van der Waals surface area contributed by atoms with Gasteiger partial charge in [-0.15, -0.1) is 0 Å². The zero-order valence-electron chi connectivity index (χ0n) is 11.0. The van der Waals surface area contributed by atoms with Crippen LogP contribution in [0, 0.1) is 6.92 Å². The molecule has 0 atom stereocenters. The van der Waals surface area contributed by atoms with Gasteiger partial charge in [0.15, 0.2) is 0 Å². The van der Waals surface area contributed by atoms with Gasteiger partial charge in [0.2, 0.25) is 0 Å². The first kappa shape index (κ1) is 13.1. The highest BCUT2D eigenvalue weighted by Gasteiger charge is 2.14. The van der Waals surface area contributed by atoms with E-state index in [4.69, 9.17) is 4.74 Å². The molecule has 2 aromatic carbocycles. The van der Waals surface area contributed by atoms with E-state index in [1.54, 1.807) is 19.1 Å². The van der Waals surface area contributed by atoms with Crippen molar-refractivity contribution < 1.29 is 14.6 Å². The lowest BCUT2D eigenvalue weighted by molar-refractivity contribution is 0.0523. The molecule has 0 saturated carbocycles. The largest absolute Gasteiger partial charge is 0.507 e. The first-order valence-corrected chi connectivity index (χ1v) is 6.19. The van der Waals surface area contributed by atoms with E-state index in [0.29, 0.717) is 0 Å². The number of phenols is 1. The second kappa shape index (κ2) is 5.57. The van der Waals surface area contributed by atoms with Crippen LogP contribution in [-0.2, 0) is 4.74 Å². The Bertz CT molecular complexity index is 603. The lowest BCUT2D eigenvalue weighted by atomic mass is 9.98. The lowest BCUT2D eigenvalue weighted by Crippen LogP contribution is -2.05. The third-order valence-corrected chi connectivity index (χ3v) is 2.95. The van der Waals surface area contributed by atoms with E-state index in [1.165, 1.54) is 6.07 Å². The summed E-state index contributed by atoms with van der Waals surface area (Å²) in [5.41, 5.74) is 3.23. The number of carbonyl (C=O) groups excluding carboxylic acids is 1. The van der Waals surface area contributed by atoms with Crippen LogP contribution in [-0.4, -0.2) is 17.7 Å². The number of carbonyl (C=O) groups is 1. The van der Waals surface area contributed by atoms with Crippen molar-refractivity contribution >= 4 is 5.97 Å². The van der Waals surface area contributed by atoms with Crippen molar-refractivity contribution in [1.82, 2.24) is 0 Å². The van der Waals surface area contributed by atoms with E-state index < -0.39 is 5.97 Å². The van der Waals surface area contributed by atoms with Gasteiger partial charge >= 0.3 is 5.97 Å². The molecule has 19 heavy (non-hydrogen) atoms. The molecule has 1 N–H and O–H groups in total. The van der Waals surface area contributed by atoms with Crippen LogP contribution in [0.2, 0.25) is 0 Å². The van der Waals surface area contributed by atoms with E-state index in [1.807, 2.05) is 31.2 Å². The Balaban J connectivity index is 2.47. The predicted octanol–water partition coefficient (Wildman–Crippen LogP) is 3.54. The Morgan fingerprint density at radius 3 is 2.63 bits per heavy atom. The summed E-state index contributed by atoms with van der Waals surface area (Å²) in [6.07, 6.45) is 0. The van der Waals surface area contributed by atoms with Gasteiger partial charge in [0.05, 0.1) is 6.61 Å². The molecule has 0 amide bonds. The summed E-state index contributed by atoms with van der Waals surface area (Å²) in [6, 6.07) is 12.9. The Labute approximate surface area is 112 Å². The highest BCUT2D eigenvalue weighted by molar-refractivity contribution is 5.94. The Hall–Kier alpha value is -2.29. The summed E-state index contributed by atoms with van der Waals surface area (Å²) in [7, 11) is 0. The maximum atomic E-state index is 11.8. The van der Waals surface area contributed by atoms with Gasteiger partial charge in [-0.3, -0.25) is 0 Å². The zero-order chi connectivity index (χ0) is 13.8. The van der Waals surface area contributed by atoms with Crippen molar-refractivity contribution in [2.75, 3.05) is 6.61 Å². The van der Waals surface area contributed by atoms with Gasteiger partial charge in [0.25, 0.3) is 0 Å². The van der Waals surface area contributed by atoms with Crippen molar-refractivity contribution in [2.45, 2.75) is 13.8 Å². The van der Waals surface area contributed by atoms with Crippen LogP contribution in [0.25, 0.3) is 11.1 Å². The molecule has 0 spiro atoms. The SMILES string of the molecule is CCOC(=O)c1cc(-c2ccccc2C)ccc1O. The molecule has 0 radical (unpaired) electrons. The molecule has 0 aliphatic carbocycles. The maximum Gasteiger partial charge on any atom is 0.341 e. The first-order chi connectivity index (χ1) is 9.13. The van der Waals surface area contributed by atoms with Crippen LogP contribution >= 0.6 is 0 Å². The van der Waals surface area contributed by atoms with E-state index >= 15 is 0 Å². The van der Waals surface area contributed by atoms with Crippen molar-refractivity contribution in [3.63, 3.8) is 0 Å². The molecule has 0 aliphatic heterocycles. The summed E-state index contributed by atoms with van der Waals surface area (Å²) in [6.45, 7) is 4.03. The molecule has 0 aromatic heterocycles. The number of phenolic OH excluding ortho intramolecular Hbond substituents is 1. The molecular formula is C16H16O3. The molecule has 2 aromatic rings. The molecule has 0 unspecified atom stereocenters. The fourth-order valence-electron chi connectivity index (χ4n) is 1.97. The number of esters is 1. The maximum absolute atomic E-state index is 11.8. The molecular weight excluding hydrogens is 240 g/mol. The van der Waals surface area contributed by atoms with Gasteiger partial charge < -0.3 is 9.84 Å². The summed E-state index contributed by atoms with van der Waals surface area (Å²) >= 11 is 0. The van der Waals surface area contributed by atoms with E-state index in [2.05, 4.69) is 0 Å². The highest BCUT2D eigenvalue weighted by Crippen LogP contribution is 2.28. The number of aryl methyl sites for hydroxylation is 1. The monoisotopic (exact) mass is 256 g/mol. The van der Waals surface area contributed by atoms with Crippen molar-refractivity contribution in [1.29, 1.82) is 0 Å². The average molecular weight is 256 g/mol. The Morgan fingerprint density at radius 1 is 1.21 bits per heavy atom. The standard InChI is InChI=1S/C16H16O3/c1-3-19-16(18)14-10-12(8-9-15(14)17)13-7-5-4-6-11(13)2/h4-10,17H,3H2,1-2H3. The fourth-order valence-corrected chi connectivity index (χ4v) is 1.97. The van der Waals surface area contributed by atoms with Crippen LogP contribution < -0.4 is 0 Å². The fraction of sp³-hybridized carbons (Fsp3) is 0.188. The summed E-state index contributed by atoms with van der Waals surface area (Å²) in [5.74, 6) is -0.564. The van der Waals surface area contributed by atoms with E-state index in [0.717, 1.165) is 16.7 Å². The summed E-state index contributed by atoms with van der Waals surface area (Å²) < 4.78 is 4.93. The highest BCUT2D eigenvalue weighted by atomic mass is 16.5. The number of aromatic hydroxyl groups is 1.